The Kier molecular flexibility index (Phi) is 3.18. The van der Waals surface area contributed by atoms with Crippen molar-refractivity contribution in [3.8, 4) is 23.0 Å². The molecule has 2 aromatic carbocycles. The fourth-order valence-electron chi connectivity index (χ4n) is 3.12. The second kappa shape index (κ2) is 5.14. The first-order valence-electron chi connectivity index (χ1n) is 7.23. The lowest BCUT2D eigenvalue weighted by Crippen LogP contribution is -3.00. The predicted molar refractivity (Wildman–Crippen MR) is 84.1 cm³/mol. The molecule has 1 aliphatic heterocycles. The van der Waals surface area contributed by atoms with Crippen LogP contribution < -0.4 is 30.9 Å². The Bertz CT molecular complexity index is 1130. The quantitative estimate of drug-likeness (QED) is 0.191. The van der Waals surface area contributed by atoms with Gasteiger partial charge in [0.1, 0.15) is 0 Å². The van der Waals surface area contributed by atoms with Gasteiger partial charge in [-0.15, -0.1) is 0 Å². The zero-order valence-electron chi connectivity index (χ0n) is 12.4. The van der Waals surface area contributed by atoms with Crippen LogP contribution in [0, 0.1) is 0 Å². The van der Waals surface area contributed by atoms with Crippen LogP contribution in [0.4, 0.5) is 0 Å². The fourth-order valence-corrected chi connectivity index (χ4v) is 3.12. The molecule has 1 aliphatic rings. The highest BCUT2D eigenvalue weighted by Gasteiger charge is 2.19. The van der Waals surface area contributed by atoms with Gasteiger partial charge in [0.05, 0.1) is 10.8 Å². The Morgan fingerprint density at radius 2 is 1.62 bits per heavy atom. The van der Waals surface area contributed by atoms with Crippen molar-refractivity contribution in [2.45, 2.75) is 0 Å². The summed E-state index contributed by atoms with van der Waals surface area (Å²) in [5, 5.41) is 23.3. The van der Waals surface area contributed by atoms with Crippen LogP contribution in [0.3, 0.4) is 0 Å². The maximum absolute atomic E-state index is 10.1. The third-order valence-electron chi connectivity index (χ3n) is 4.30. The van der Waals surface area contributed by atoms with Crippen LogP contribution in [0.2, 0.25) is 0 Å². The number of hydrogen-bond acceptors (Lipinski definition) is 4. The summed E-state index contributed by atoms with van der Waals surface area (Å²) in [4.78, 5) is 0. The third kappa shape index (κ3) is 1.96. The number of phenols is 2. The van der Waals surface area contributed by atoms with Gasteiger partial charge in [0.15, 0.2) is 35.4 Å². The number of rotatable bonds is 0. The van der Waals surface area contributed by atoms with Crippen LogP contribution in [-0.4, -0.2) is 17.0 Å². The normalized spacial score (nSPS) is 12.7. The molecule has 0 aliphatic carbocycles. The molecular formula is C18H12BrNO4. The van der Waals surface area contributed by atoms with E-state index in [1.807, 2.05) is 41.1 Å². The topological polar surface area (TPSA) is 63.0 Å². The molecule has 0 bridgehead atoms. The molecule has 0 saturated carbocycles. The van der Waals surface area contributed by atoms with E-state index in [4.69, 9.17) is 9.47 Å². The van der Waals surface area contributed by atoms with Gasteiger partial charge in [-0.1, -0.05) is 0 Å². The standard InChI is InChI=1S/C18H11NO4.BrH/c20-15-2-1-10-5-14-12-7-17-16(22-9-23-17)6-11(12)3-4-19(14)8-13(10)18(15)21;/h1-8,20H,9H2;1H. The highest BCUT2D eigenvalue weighted by molar-refractivity contribution is 6.00. The molecule has 0 saturated heterocycles. The third-order valence-corrected chi connectivity index (χ3v) is 4.30. The molecule has 0 unspecified atom stereocenters. The zero-order chi connectivity index (χ0) is 15.6. The second-order valence-corrected chi connectivity index (χ2v) is 5.61. The number of phenolic OH excluding ortho intramolecular Hbond substituents is 2. The molecule has 0 fully saturated rings. The monoisotopic (exact) mass is 385 g/mol. The maximum Gasteiger partial charge on any atom is 0.231 e. The molecule has 3 heterocycles. The van der Waals surface area contributed by atoms with E-state index in [1.54, 1.807) is 6.07 Å². The lowest BCUT2D eigenvalue weighted by atomic mass is 10.1. The minimum atomic E-state index is -0.124. The van der Waals surface area contributed by atoms with Crippen LogP contribution in [0.25, 0.3) is 27.1 Å². The lowest BCUT2D eigenvalue weighted by Gasteiger charge is -2.04. The SMILES string of the molecule is Oc1ccc2cc3c4cc5c(cc4cc[n+]3cc2c1O)OCO5.[Br-]. The van der Waals surface area contributed by atoms with Crippen LogP contribution in [0.1, 0.15) is 0 Å². The number of aromatic hydroxyl groups is 2. The minimum absolute atomic E-state index is 0. The molecule has 0 radical (unpaired) electrons. The van der Waals surface area contributed by atoms with Crippen molar-refractivity contribution in [2.24, 2.45) is 0 Å². The Morgan fingerprint density at radius 1 is 0.875 bits per heavy atom. The summed E-state index contributed by atoms with van der Waals surface area (Å²) in [6, 6.07) is 11.2. The van der Waals surface area contributed by atoms with Gasteiger partial charge >= 0.3 is 0 Å². The number of nitrogens with zero attached hydrogens (tertiary/aromatic N) is 1. The molecule has 2 N–H and O–H groups in total. The first kappa shape index (κ1) is 14.8. The second-order valence-electron chi connectivity index (χ2n) is 5.61. The number of hydrogen-bond donors (Lipinski definition) is 2. The molecule has 120 valence electrons. The Labute approximate surface area is 147 Å². The Morgan fingerprint density at radius 3 is 2.46 bits per heavy atom. The number of benzene rings is 2. The first-order chi connectivity index (χ1) is 11.2. The highest BCUT2D eigenvalue weighted by atomic mass is 79.9. The molecule has 4 aromatic rings. The Balaban J connectivity index is 0.00000146. The van der Waals surface area contributed by atoms with Gasteiger partial charge in [0.25, 0.3) is 0 Å². The van der Waals surface area contributed by atoms with Crippen molar-refractivity contribution in [1.29, 1.82) is 0 Å². The molecule has 2 aromatic heterocycles. The molecule has 0 amide bonds. The molecule has 5 nitrogen and oxygen atoms in total. The molecule has 24 heavy (non-hydrogen) atoms. The van der Waals surface area contributed by atoms with E-state index in [1.165, 1.54) is 6.07 Å². The van der Waals surface area contributed by atoms with E-state index >= 15 is 0 Å². The van der Waals surface area contributed by atoms with E-state index in [0.29, 0.717) is 5.39 Å². The van der Waals surface area contributed by atoms with Crippen LogP contribution in [0.5, 0.6) is 23.0 Å². The molecule has 5 rings (SSSR count). The molecular weight excluding hydrogens is 374 g/mol. The van der Waals surface area contributed by atoms with E-state index in [2.05, 4.69) is 0 Å². The van der Waals surface area contributed by atoms with E-state index in [0.717, 1.165) is 33.2 Å². The average Bonchev–Trinajstić information content (AvgIpc) is 3.02. The van der Waals surface area contributed by atoms with Gasteiger partial charge < -0.3 is 36.7 Å². The summed E-state index contributed by atoms with van der Waals surface area (Å²) >= 11 is 0. The van der Waals surface area contributed by atoms with Crippen LogP contribution in [0.15, 0.2) is 48.8 Å². The summed E-state index contributed by atoms with van der Waals surface area (Å²) in [5.74, 6) is 1.26. The van der Waals surface area contributed by atoms with Crippen molar-refractivity contribution in [1.82, 2.24) is 0 Å². The first-order valence-corrected chi connectivity index (χ1v) is 7.23. The summed E-state index contributed by atoms with van der Waals surface area (Å²) in [6.07, 6.45) is 3.73. The van der Waals surface area contributed by atoms with Gasteiger partial charge in [0, 0.05) is 12.1 Å². The van der Waals surface area contributed by atoms with E-state index in [-0.39, 0.29) is 35.3 Å². The molecule has 6 heteroatoms. The van der Waals surface area contributed by atoms with Gasteiger partial charge in [-0.2, -0.15) is 4.40 Å². The minimum Gasteiger partial charge on any atom is -1.00 e. The van der Waals surface area contributed by atoms with Crippen molar-refractivity contribution < 1.29 is 41.1 Å². The van der Waals surface area contributed by atoms with Crippen molar-refractivity contribution >= 4 is 27.1 Å². The largest absolute Gasteiger partial charge is 1.00 e. The van der Waals surface area contributed by atoms with Crippen LogP contribution in [-0.2, 0) is 0 Å². The highest BCUT2D eigenvalue weighted by Crippen LogP contribution is 2.38. The number of ether oxygens (including phenoxy) is 2. The number of pyridine rings is 2. The van der Waals surface area contributed by atoms with Gasteiger partial charge in [-0.3, -0.25) is 0 Å². The van der Waals surface area contributed by atoms with E-state index < -0.39 is 0 Å². The average molecular weight is 386 g/mol. The summed E-state index contributed by atoms with van der Waals surface area (Å²) in [5.41, 5.74) is 0.985. The maximum atomic E-state index is 10.1. The predicted octanol–water partition coefficient (Wildman–Crippen LogP) is -0.124. The number of halogens is 1. The van der Waals surface area contributed by atoms with Crippen molar-refractivity contribution in [3.05, 3.63) is 48.8 Å². The lowest BCUT2D eigenvalue weighted by molar-refractivity contribution is -0.509. The molecule has 0 atom stereocenters. The van der Waals surface area contributed by atoms with Gasteiger partial charge in [-0.25, -0.2) is 0 Å². The smallest absolute Gasteiger partial charge is 0.231 e. The van der Waals surface area contributed by atoms with E-state index in [9.17, 15) is 10.2 Å². The van der Waals surface area contributed by atoms with Crippen molar-refractivity contribution in [3.63, 3.8) is 0 Å². The summed E-state index contributed by atoms with van der Waals surface area (Å²) in [6.45, 7) is 0.243. The van der Waals surface area contributed by atoms with Crippen molar-refractivity contribution in [2.75, 3.05) is 6.79 Å². The Hall–Kier alpha value is -2.73. The van der Waals surface area contributed by atoms with Gasteiger partial charge in [0.2, 0.25) is 12.3 Å². The summed E-state index contributed by atoms with van der Waals surface area (Å²) in [7, 11) is 0. The fraction of sp³-hybridized carbons (Fsp3) is 0.0556. The zero-order valence-corrected chi connectivity index (χ0v) is 13.9. The van der Waals surface area contributed by atoms with Gasteiger partial charge in [-0.05, 0) is 35.0 Å². The summed E-state index contributed by atoms with van der Waals surface area (Å²) < 4.78 is 12.8. The molecule has 0 spiro atoms. The van der Waals surface area contributed by atoms with Crippen LogP contribution >= 0.6 is 0 Å². The number of fused-ring (bicyclic) bond motifs is 5. The number of aromatic nitrogens is 1.